The summed E-state index contributed by atoms with van der Waals surface area (Å²) in [4.78, 5) is 14.7. The van der Waals surface area contributed by atoms with E-state index >= 15 is 0 Å². The third-order valence-electron chi connectivity index (χ3n) is 11.5. The predicted molar refractivity (Wildman–Crippen MR) is 197 cm³/mol. The van der Waals surface area contributed by atoms with E-state index in [4.69, 9.17) is 23.7 Å². The van der Waals surface area contributed by atoms with Gasteiger partial charge in [-0.2, -0.15) is 0 Å². The highest BCUT2D eigenvalue weighted by molar-refractivity contribution is 5.78. The second-order valence-electron chi connectivity index (χ2n) is 15.4. The summed E-state index contributed by atoms with van der Waals surface area (Å²) in [6, 6.07) is 0.596. The standard InChI is InChI=1S/C20H38O3.C9H19NO2.C8H16O4.C2H6/c1-12-8-9-18(22)11-19(17(6)21)16(5)20(23-7)14(3)10-13(2)15(12)4;1-7-5-8(10(2)3)6-9(11-4)12-7;1-5-7(10)8(2,11-3)4-6(9)12-5;1-2/h12-17,19-21H,8-11H2,1-7H3;7-9H,5-6H2,1-4H3;5-7,9-10H,4H2,1-3H3;1-2H3/t12?,13?,14?,15?,16-,17?,19?,20?;;;/m1.../s1. The van der Waals surface area contributed by atoms with Crippen LogP contribution in [-0.4, -0.2) is 116 Å². The quantitative estimate of drug-likeness (QED) is 0.299. The van der Waals surface area contributed by atoms with E-state index in [1.807, 2.05) is 20.8 Å². The molecule has 0 aromatic rings. The van der Waals surface area contributed by atoms with Crippen LogP contribution in [-0.2, 0) is 28.5 Å². The molecule has 10 heteroatoms. The van der Waals surface area contributed by atoms with Gasteiger partial charge >= 0.3 is 0 Å². The molecule has 0 radical (unpaired) electrons. The number of ether oxygens (including phenoxy) is 5. The molecule has 15 atom stereocenters. The summed E-state index contributed by atoms with van der Waals surface area (Å²) in [6.07, 6.45) is 3.60. The van der Waals surface area contributed by atoms with Crippen LogP contribution in [0, 0.1) is 35.5 Å². The number of hydrogen-bond donors (Lipinski definition) is 3. The second-order valence-corrected chi connectivity index (χ2v) is 15.4. The van der Waals surface area contributed by atoms with Crippen LogP contribution in [0.2, 0.25) is 0 Å². The van der Waals surface area contributed by atoms with Gasteiger partial charge in [0.2, 0.25) is 0 Å². The van der Waals surface area contributed by atoms with Crippen molar-refractivity contribution in [3.05, 3.63) is 0 Å². The molecule has 0 aromatic carbocycles. The van der Waals surface area contributed by atoms with Gasteiger partial charge in [0.15, 0.2) is 12.6 Å². The Hall–Kier alpha value is -0.690. The number of hydrogen-bond acceptors (Lipinski definition) is 10. The van der Waals surface area contributed by atoms with Gasteiger partial charge in [-0.05, 0) is 96.6 Å². The van der Waals surface area contributed by atoms with Crippen LogP contribution in [0.4, 0.5) is 0 Å². The number of aliphatic hydroxyl groups is 3. The minimum absolute atomic E-state index is 0.0128. The molecule has 49 heavy (non-hydrogen) atoms. The van der Waals surface area contributed by atoms with Crippen molar-refractivity contribution in [2.24, 2.45) is 35.5 Å². The molecule has 0 amide bonds. The van der Waals surface area contributed by atoms with E-state index in [-0.39, 0.29) is 30.0 Å². The van der Waals surface area contributed by atoms with E-state index in [9.17, 15) is 20.1 Å². The Morgan fingerprint density at radius 1 is 0.857 bits per heavy atom. The van der Waals surface area contributed by atoms with Crippen molar-refractivity contribution in [2.75, 3.05) is 35.4 Å². The number of carbonyl (C=O) groups excluding carboxylic acids is 1. The lowest BCUT2D eigenvalue weighted by Crippen LogP contribution is -2.55. The smallest absolute Gasteiger partial charge is 0.159 e. The molecule has 1 saturated carbocycles. The van der Waals surface area contributed by atoms with Crippen LogP contribution in [0.15, 0.2) is 0 Å². The monoisotopic (exact) mass is 706 g/mol. The van der Waals surface area contributed by atoms with Gasteiger partial charge in [0.1, 0.15) is 11.9 Å². The van der Waals surface area contributed by atoms with Crippen LogP contribution < -0.4 is 0 Å². The summed E-state index contributed by atoms with van der Waals surface area (Å²) in [7, 11) is 9.20. The molecule has 0 aromatic heterocycles. The van der Waals surface area contributed by atoms with E-state index in [2.05, 4.69) is 60.5 Å². The number of ketones is 1. The largest absolute Gasteiger partial charge is 0.393 e. The average molecular weight is 706 g/mol. The minimum Gasteiger partial charge on any atom is -0.393 e. The van der Waals surface area contributed by atoms with Crippen molar-refractivity contribution >= 4 is 5.78 Å². The van der Waals surface area contributed by atoms with Crippen molar-refractivity contribution < 1.29 is 43.8 Å². The van der Waals surface area contributed by atoms with Crippen molar-refractivity contribution in [1.29, 1.82) is 0 Å². The number of rotatable bonds is 5. The molecule has 3 fully saturated rings. The molecule has 294 valence electrons. The molecule has 2 aliphatic heterocycles. The summed E-state index contributed by atoms with van der Waals surface area (Å²) < 4.78 is 26.7. The lowest BCUT2D eigenvalue weighted by Gasteiger charge is -2.42. The van der Waals surface area contributed by atoms with Gasteiger partial charge < -0.3 is 43.9 Å². The zero-order chi connectivity index (χ0) is 38.2. The fourth-order valence-corrected chi connectivity index (χ4v) is 7.70. The maximum atomic E-state index is 12.4. The molecule has 3 N–H and O–H groups in total. The molecule has 1 aliphatic carbocycles. The number of nitrogens with zero attached hydrogens (tertiary/aromatic N) is 1. The molecule has 10 nitrogen and oxygen atoms in total. The fraction of sp³-hybridized carbons (Fsp3) is 0.974. The third kappa shape index (κ3) is 15.8. The van der Waals surface area contributed by atoms with Gasteiger partial charge in [0.25, 0.3) is 0 Å². The van der Waals surface area contributed by atoms with E-state index < -0.39 is 30.2 Å². The van der Waals surface area contributed by atoms with Crippen LogP contribution >= 0.6 is 0 Å². The van der Waals surface area contributed by atoms with Gasteiger partial charge in [-0.25, -0.2) is 0 Å². The van der Waals surface area contributed by atoms with Gasteiger partial charge in [0.05, 0.1) is 30.0 Å². The Labute approximate surface area is 300 Å². The lowest BCUT2D eigenvalue weighted by molar-refractivity contribution is -0.263. The lowest BCUT2D eigenvalue weighted by atomic mass is 9.72. The molecular formula is C39H79NO9. The van der Waals surface area contributed by atoms with E-state index in [0.29, 0.717) is 55.1 Å². The maximum absolute atomic E-state index is 12.4. The van der Waals surface area contributed by atoms with E-state index in [1.165, 1.54) is 7.11 Å². The summed E-state index contributed by atoms with van der Waals surface area (Å²) >= 11 is 0. The van der Waals surface area contributed by atoms with Gasteiger partial charge in [-0.15, -0.1) is 0 Å². The Kier molecular flexibility index (Phi) is 23.5. The molecular weight excluding hydrogens is 626 g/mol. The molecule has 14 unspecified atom stereocenters. The second kappa shape index (κ2) is 23.8. The van der Waals surface area contributed by atoms with Gasteiger partial charge in [-0.1, -0.05) is 48.5 Å². The summed E-state index contributed by atoms with van der Waals surface area (Å²) in [5.41, 5.74) is -0.697. The number of aliphatic hydroxyl groups excluding tert-OH is 3. The first-order valence-corrected chi connectivity index (χ1v) is 19.0. The summed E-state index contributed by atoms with van der Waals surface area (Å²) in [5, 5.41) is 29.1. The summed E-state index contributed by atoms with van der Waals surface area (Å²) in [5.74, 6) is 2.67. The van der Waals surface area contributed by atoms with E-state index in [1.54, 1.807) is 28.1 Å². The molecule has 2 saturated heterocycles. The first kappa shape index (κ1) is 48.3. The highest BCUT2D eigenvalue weighted by Gasteiger charge is 2.44. The molecule has 0 spiro atoms. The first-order chi connectivity index (χ1) is 22.8. The van der Waals surface area contributed by atoms with Crippen molar-refractivity contribution in [2.45, 2.75) is 176 Å². The Morgan fingerprint density at radius 3 is 1.94 bits per heavy atom. The Morgan fingerprint density at radius 2 is 1.45 bits per heavy atom. The predicted octanol–water partition coefficient (Wildman–Crippen LogP) is 6.32. The number of methoxy groups -OCH3 is 3. The average Bonchev–Trinajstić information content (AvgIpc) is 3.05. The van der Waals surface area contributed by atoms with Crippen molar-refractivity contribution in [3.8, 4) is 0 Å². The topological polar surface area (TPSA) is 127 Å². The zero-order valence-electron chi connectivity index (χ0n) is 34.3. The van der Waals surface area contributed by atoms with Crippen molar-refractivity contribution in [1.82, 2.24) is 4.90 Å². The molecule has 3 aliphatic rings. The fourth-order valence-electron chi connectivity index (χ4n) is 7.70. The molecule has 0 bridgehead atoms. The highest BCUT2D eigenvalue weighted by Crippen LogP contribution is 2.36. The normalized spacial score (nSPS) is 41.3. The van der Waals surface area contributed by atoms with Crippen LogP contribution in [0.3, 0.4) is 0 Å². The zero-order valence-corrected chi connectivity index (χ0v) is 34.3. The Balaban J connectivity index is 0.000000746. The highest BCUT2D eigenvalue weighted by atomic mass is 16.7. The number of Topliss-reactive ketones (excluding diaryl/α,β-unsaturated/α-hetero) is 1. The van der Waals surface area contributed by atoms with E-state index in [0.717, 1.165) is 25.7 Å². The van der Waals surface area contributed by atoms with Crippen LogP contribution in [0.1, 0.15) is 121 Å². The Bertz CT molecular complexity index is 875. The van der Waals surface area contributed by atoms with Gasteiger partial charge in [0, 0.05) is 53.1 Å². The molecule has 3 rings (SSSR count). The van der Waals surface area contributed by atoms with Crippen LogP contribution in [0.25, 0.3) is 0 Å². The van der Waals surface area contributed by atoms with Crippen molar-refractivity contribution in [3.63, 3.8) is 0 Å². The van der Waals surface area contributed by atoms with Crippen LogP contribution in [0.5, 0.6) is 0 Å². The van der Waals surface area contributed by atoms with Gasteiger partial charge in [-0.3, -0.25) is 4.79 Å². The SMILES string of the molecule is CC.COC1(C)CC(O)OC(C)C1O.COC1C(C)CC(C)C(C)C(C)CCC(=O)CC(C(C)O)[C@H]1C.COC1CC(N(C)C)CC(C)O1. The summed E-state index contributed by atoms with van der Waals surface area (Å²) in [6.45, 7) is 22.7. The third-order valence-corrected chi connectivity index (χ3v) is 11.5. The first-order valence-electron chi connectivity index (χ1n) is 19.0. The maximum Gasteiger partial charge on any atom is 0.159 e. The minimum atomic E-state index is -0.839. The molecule has 2 heterocycles. The number of carbonyl (C=O) groups is 1.